The molecule has 100 valence electrons. The van der Waals surface area contributed by atoms with E-state index in [1.54, 1.807) is 10.9 Å². The second-order valence-corrected chi connectivity index (χ2v) is 4.55. The standard InChI is InChI=1S/C15H14N4O/c1-2-9-19-14(10-17-18-19)15(20)12-5-3-7-13-11(12)6-4-8-16-13/h3-8,10H,2,9H2,1H3. The largest absolute Gasteiger partial charge is 0.287 e. The highest BCUT2D eigenvalue weighted by Gasteiger charge is 2.17. The second-order valence-electron chi connectivity index (χ2n) is 4.55. The van der Waals surface area contributed by atoms with Gasteiger partial charge in [0.2, 0.25) is 5.78 Å². The third kappa shape index (κ3) is 2.07. The second kappa shape index (κ2) is 5.21. The maximum absolute atomic E-state index is 12.7. The molecule has 5 nitrogen and oxygen atoms in total. The van der Waals surface area contributed by atoms with E-state index in [-0.39, 0.29) is 5.78 Å². The summed E-state index contributed by atoms with van der Waals surface area (Å²) in [6, 6.07) is 9.30. The van der Waals surface area contributed by atoms with Gasteiger partial charge < -0.3 is 0 Å². The highest BCUT2D eigenvalue weighted by Crippen LogP contribution is 2.19. The molecule has 0 saturated heterocycles. The fourth-order valence-corrected chi connectivity index (χ4v) is 2.25. The van der Waals surface area contributed by atoms with Gasteiger partial charge in [-0.15, -0.1) is 5.10 Å². The van der Waals surface area contributed by atoms with Crippen LogP contribution in [0.3, 0.4) is 0 Å². The molecule has 0 spiro atoms. The van der Waals surface area contributed by atoms with E-state index in [2.05, 4.69) is 15.3 Å². The molecule has 1 aromatic carbocycles. The highest BCUT2D eigenvalue weighted by molar-refractivity contribution is 6.15. The summed E-state index contributed by atoms with van der Waals surface area (Å²) in [5, 5.41) is 8.66. The molecule has 0 aliphatic carbocycles. The number of rotatable bonds is 4. The van der Waals surface area contributed by atoms with Crippen LogP contribution in [0.25, 0.3) is 10.9 Å². The van der Waals surface area contributed by atoms with Crippen LogP contribution < -0.4 is 0 Å². The lowest BCUT2D eigenvalue weighted by molar-refractivity contribution is 0.103. The maximum Gasteiger partial charge on any atom is 0.213 e. The SMILES string of the molecule is CCCn1nncc1C(=O)c1cccc2ncccc12. The predicted octanol–water partition coefficient (Wildman–Crippen LogP) is 2.47. The first-order valence-electron chi connectivity index (χ1n) is 6.58. The lowest BCUT2D eigenvalue weighted by Gasteiger charge is -2.06. The first-order chi connectivity index (χ1) is 9.81. The smallest absolute Gasteiger partial charge is 0.213 e. The number of aromatic nitrogens is 4. The lowest BCUT2D eigenvalue weighted by atomic mass is 10.0. The van der Waals surface area contributed by atoms with Crippen molar-refractivity contribution < 1.29 is 4.79 Å². The number of hydrogen-bond acceptors (Lipinski definition) is 4. The number of pyridine rings is 1. The Balaban J connectivity index is 2.11. The zero-order chi connectivity index (χ0) is 13.9. The minimum Gasteiger partial charge on any atom is -0.287 e. The molecule has 0 bridgehead atoms. The Hall–Kier alpha value is -2.56. The quantitative estimate of drug-likeness (QED) is 0.681. The number of hydrogen-bond donors (Lipinski definition) is 0. The normalized spacial score (nSPS) is 10.8. The van der Waals surface area contributed by atoms with Crippen LogP contribution in [-0.2, 0) is 6.54 Å². The molecule has 0 fully saturated rings. The molecule has 0 aliphatic heterocycles. The van der Waals surface area contributed by atoms with E-state index < -0.39 is 0 Å². The Kier molecular flexibility index (Phi) is 3.25. The molecule has 3 rings (SSSR count). The van der Waals surface area contributed by atoms with Crippen LogP contribution in [-0.4, -0.2) is 25.8 Å². The van der Waals surface area contributed by atoms with Gasteiger partial charge in [-0.2, -0.15) is 0 Å². The average molecular weight is 266 g/mol. The summed E-state index contributed by atoms with van der Waals surface area (Å²) in [4.78, 5) is 17.0. The minimum atomic E-state index is -0.0675. The van der Waals surface area contributed by atoms with Crippen molar-refractivity contribution in [3.8, 4) is 0 Å². The fraction of sp³-hybridized carbons (Fsp3) is 0.200. The predicted molar refractivity (Wildman–Crippen MR) is 75.5 cm³/mol. The third-order valence-corrected chi connectivity index (χ3v) is 3.18. The van der Waals surface area contributed by atoms with Gasteiger partial charge in [0.25, 0.3) is 0 Å². The fourth-order valence-electron chi connectivity index (χ4n) is 2.25. The highest BCUT2D eigenvalue weighted by atomic mass is 16.1. The average Bonchev–Trinajstić information content (AvgIpc) is 2.94. The molecular formula is C15H14N4O. The van der Waals surface area contributed by atoms with Crippen LogP contribution in [0.1, 0.15) is 29.4 Å². The number of carbonyl (C=O) groups is 1. The first-order valence-corrected chi connectivity index (χ1v) is 6.58. The van der Waals surface area contributed by atoms with Gasteiger partial charge in [0.05, 0.1) is 11.7 Å². The van der Waals surface area contributed by atoms with E-state index in [4.69, 9.17) is 0 Å². The zero-order valence-electron chi connectivity index (χ0n) is 11.2. The molecule has 3 aromatic rings. The Bertz CT molecular complexity index is 758. The summed E-state index contributed by atoms with van der Waals surface area (Å²) in [7, 11) is 0. The van der Waals surface area contributed by atoms with Crippen LogP contribution in [0.15, 0.2) is 42.7 Å². The first kappa shape index (κ1) is 12.5. The molecule has 0 atom stereocenters. The van der Waals surface area contributed by atoms with E-state index in [1.165, 1.54) is 6.20 Å². The molecule has 2 heterocycles. The van der Waals surface area contributed by atoms with Crippen molar-refractivity contribution in [2.24, 2.45) is 0 Å². The summed E-state index contributed by atoms with van der Waals surface area (Å²) in [6.07, 6.45) is 4.15. The molecule has 5 heteroatoms. The lowest BCUT2D eigenvalue weighted by Crippen LogP contribution is -2.12. The van der Waals surface area contributed by atoms with Crippen molar-refractivity contribution in [1.29, 1.82) is 0 Å². The van der Waals surface area contributed by atoms with E-state index >= 15 is 0 Å². The summed E-state index contributed by atoms with van der Waals surface area (Å²) in [5.74, 6) is -0.0675. The number of aryl methyl sites for hydroxylation is 1. The molecule has 0 amide bonds. The van der Waals surface area contributed by atoms with Crippen molar-refractivity contribution in [3.05, 3.63) is 54.0 Å². The molecule has 0 aliphatic rings. The van der Waals surface area contributed by atoms with Crippen molar-refractivity contribution in [3.63, 3.8) is 0 Å². The van der Waals surface area contributed by atoms with Crippen LogP contribution >= 0.6 is 0 Å². The molecule has 0 unspecified atom stereocenters. The Morgan fingerprint density at radius 2 is 2.15 bits per heavy atom. The summed E-state index contributed by atoms with van der Waals surface area (Å²) < 4.78 is 1.65. The van der Waals surface area contributed by atoms with E-state index in [0.29, 0.717) is 17.8 Å². The topological polar surface area (TPSA) is 60.7 Å². The summed E-state index contributed by atoms with van der Waals surface area (Å²) in [6.45, 7) is 2.72. The Labute approximate surface area is 116 Å². The molecule has 0 saturated carbocycles. The number of ketones is 1. The molecule has 2 aromatic heterocycles. The molecule has 0 radical (unpaired) electrons. The van der Waals surface area contributed by atoms with Gasteiger partial charge in [-0.3, -0.25) is 9.78 Å². The van der Waals surface area contributed by atoms with Gasteiger partial charge in [0.1, 0.15) is 5.69 Å². The van der Waals surface area contributed by atoms with Crippen LogP contribution in [0.4, 0.5) is 0 Å². The molecular weight excluding hydrogens is 252 g/mol. The number of benzene rings is 1. The van der Waals surface area contributed by atoms with Crippen molar-refractivity contribution in [2.45, 2.75) is 19.9 Å². The van der Waals surface area contributed by atoms with Gasteiger partial charge in [0, 0.05) is 23.7 Å². The van der Waals surface area contributed by atoms with Crippen LogP contribution in [0.5, 0.6) is 0 Å². The maximum atomic E-state index is 12.7. The Morgan fingerprint density at radius 1 is 1.25 bits per heavy atom. The third-order valence-electron chi connectivity index (χ3n) is 3.18. The van der Waals surface area contributed by atoms with Gasteiger partial charge in [-0.05, 0) is 18.6 Å². The van der Waals surface area contributed by atoms with E-state index in [1.807, 2.05) is 37.3 Å². The summed E-state index contributed by atoms with van der Waals surface area (Å²) in [5.41, 5.74) is 1.96. The zero-order valence-corrected chi connectivity index (χ0v) is 11.2. The number of fused-ring (bicyclic) bond motifs is 1. The molecule has 0 N–H and O–H groups in total. The van der Waals surface area contributed by atoms with Gasteiger partial charge in [0.15, 0.2) is 0 Å². The van der Waals surface area contributed by atoms with Crippen LogP contribution in [0, 0.1) is 0 Å². The van der Waals surface area contributed by atoms with Crippen molar-refractivity contribution >= 4 is 16.7 Å². The minimum absolute atomic E-state index is 0.0675. The Morgan fingerprint density at radius 3 is 3.00 bits per heavy atom. The monoisotopic (exact) mass is 266 g/mol. The van der Waals surface area contributed by atoms with Gasteiger partial charge in [-0.25, -0.2) is 4.68 Å². The van der Waals surface area contributed by atoms with Crippen molar-refractivity contribution in [2.75, 3.05) is 0 Å². The van der Waals surface area contributed by atoms with Gasteiger partial charge >= 0.3 is 0 Å². The summed E-state index contributed by atoms with van der Waals surface area (Å²) >= 11 is 0. The number of nitrogens with zero attached hydrogens (tertiary/aromatic N) is 4. The van der Waals surface area contributed by atoms with E-state index in [9.17, 15) is 4.79 Å². The number of carbonyl (C=O) groups excluding carboxylic acids is 1. The van der Waals surface area contributed by atoms with Gasteiger partial charge in [-0.1, -0.05) is 30.3 Å². The molecule has 20 heavy (non-hydrogen) atoms. The van der Waals surface area contributed by atoms with Crippen LogP contribution in [0.2, 0.25) is 0 Å². The van der Waals surface area contributed by atoms with Crippen molar-refractivity contribution in [1.82, 2.24) is 20.0 Å². The van der Waals surface area contributed by atoms with E-state index in [0.717, 1.165) is 17.3 Å².